The summed E-state index contributed by atoms with van der Waals surface area (Å²) < 4.78 is 6.06. The van der Waals surface area contributed by atoms with E-state index in [1.54, 1.807) is 7.05 Å². The van der Waals surface area contributed by atoms with E-state index < -0.39 is 12.0 Å². The third-order valence-electron chi connectivity index (χ3n) is 3.57. The van der Waals surface area contributed by atoms with Crippen molar-refractivity contribution < 1.29 is 14.3 Å². The summed E-state index contributed by atoms with van der Waals surface area (Å²) in [5, 5.41) is 2.52. The molecule has 1 aromatic heterocycles. The van der Waals surface area contributed by atoms with Crippen LogP contribution >= 0.6 is 0 Å². The second-order valence-electron chi connectivity index (χ2n) is 5.22. The van der Waals surface area contributed by atoms with E-state index in [0.29, 0.717) is 11.2 Å². The lowest BCUT2D eigenvalue weighted by Gasteiger charge is -2.11. The highest BCUT2D eigenvalue weighted by Gasteiger charge is 2.16. The summed E-state index contributed by atoms with van der Waals surface area (Å²) in [4.78, 5) is 39.7. The molecule has 1 aromatic carbocycles. The first-order chi connectivity index (χ1) is 10.9. The van der Waals surface area contributed by atoms with Crippen LogP contribution in [0.2, 0.25) is 0 Å². The summed E-state index contributed by atoms with van der Waals surface area (Å²) in [5.74, 6) is -0.849. The molecule has 0 aliphatic rings. The van der Waals surface area contributed by atoms with Crippen LogP contribution in [0.3, 0.4) is 0 Å². The van der Waals surface area contributed by atoms with Crippen LogP contribution in [-0.2, 0) is 27.8 Å². The Morgan fingerprint density at radius 3 is 2.74 bits per heavy atom. The molecule has 7 nitrogen and oxygen atoms in total. The van der Waals surface area contributed by atoms with Crippen LogP contribution < -0.4 is 10.9 Å². The molecule has 0 saturated carbocycles. The van der Waals surface area contributed by atoms with Crippen molar-refractivity contribution in [2.75, 3.05) is 7.11 Å². The number of hydrogen-bond acceptors (Lipinski definition) is 5. The van der Waals surface area contributed by atoms with Gasteiger partial charge < -0.3 is 14.6 Å². The molecule has 0 unspecified atom stereocenters. The van der Waals surface area contributed by atoms with E-state index in [-0.39, 0.29) is 24.3 Å². The number of fused-ring (bicyclic) bond motifs is 1. The number of aromatic nitrogens is 2. The number of amides is 1. The summed E-state index contributed by atoms with van der Waals surface area (Å²) in [6.45, 7) is 1.54. The molecule has 1 atom stereocenters. The van der Waals surface area contributed by atoms with E-state index in [2.05, 4.69) is 15.0 Å². The van der Waals surface area contributed by atoms with Crippen LogP contribution in [0.25, 0.3) is 11.0 Å². The van der Waals surface area contributed by atoms with Crippen LogP contribution in [0.4, 0.5) is 0 Å². The number of hydrogen-bond donors (Lipinski definition) is 1. The van der Waals surface area contributed by atoms with Gasteiger partial charge in [0, 0.05) is 19.9 Å². The molecule has 122 valence electrons. The Morgan fingerprint density at radius 2 is 2.04 bits per heavy atom. The van der Waals surface area contributed by atoms with E-state index in [1.165, 1.54) is 18.6 Å². The number of benzene rings is 1. The second kappa shape index (κ2) is 7.04. The molecule has 0 aliphatic heterocycles. The van der Waals surface area contributed by atoms with Gasteiger partial charge in [0.25, 0.3) is 5.56 Å². The summed E-state index contributed by atoms with van der Waals surface area (Å²) in [7, 11) is 2.93. The Balaban J connectivity index is 2.11. The van der Waals surface area contributed by atoms with Gasteiger partial charge in [0.15, 0.2) is 0 Å². The van der Waals surface area contributed by atoms with E-state index in [4.69, 9.17) is 0 Å². The molecule has 23 heavy (non-hydrogen) atoms. The van der Waals surface area contributed by atoms with E-state index in [1.807, 2.05) is 24.3 Å². The lowest BCUT2D eigenvalue weighted by atomic mass is 10.2. The fraction of sp³-hybridized carbons (Fsp3) is 0.375. The normalized spacial score (nSPS) is 12.0. The number of nitrogens with zero attached hydrogens (tertiary/aromatic N) is 2. The minimum Gasteiger partial charge on any atom is -0.467 e. The number of nitrogens with one attached hydrogen (secondary N) is 1. The molecule has 0 fully saturated rings. The fourth-order valence-corrected chi connectivity index (χ4v) is 2.28. The minimum absolute atomic E-state index is 0.0713. The zero-order valence-electron chi connectivity index (χ0n) is 13.3. The van der Waals surface area contributed by atoms with Crippen molar-refractivity contribution in [2.45, 2.75) is 25.8 Å². The second-order valence-corrected chi connectivity index (χ2v) is 5.22. The van der Waals surface area contributed by atoms with Gasteiger partial charge in [0.2, 0.25) is 5.91 Å². The molecule has 1 N–H and O–H groups in total. The maximum absolute atomic E-state index is 12.3. The topological polar surface area (TPSA) is 90.3 Å². The third-order valence-corrected chi connectivity index (χ3v) is 3.57. The molecular weight excluding hydrogens is 298 g/mol. The Morgan fingerprint density at radius 1 is 1.35 bits per heavy atom. The lowest BCUT2D eigenvalue weighted by molar-refractivity contribution is -0.144. The predicted molar refractivity (Wildman–Crippen MR) is 84.9 cm³/mol. The Labute approximate surface area is 133 Å². The summed E-state index contributed by atoms with van der Waals surface area (Å²) >= 11 is 0. The number of methoxy groups -OCH3 is 1. The number of esters is 1. The van der Waals surface area contributed by atoms with Crippen molar-refractivity contribution in [1.29, 1.82) is 0 Å². The molecule has 0 saturated heterocycles. The van der Waals surface area contributed by atoms with E-state index in [9.17, 15) is 14.4 Å². The largest absolute Gasteiger partial charge is 0.467 e. The average Bonchev–Trinajstić information content (AvgIpc) is 2.56. The zero-order valence-corrected chi connectivity index (χ0v) is 13.3. The van der Waals surface area contributed by atoms with Crippen LogP contribution in [0.15, 0.2) is 29.1 Å². The maximum Gasteiger partial charge on any atom is 0.328 e. The van der Waals surface area contributed by atoms with E-state index >= 15 is 0 Å². The van der Waals surface area contributed by atoms with Gasteiger partial charge in [-0.25, -0.2) is 9.78 Å². The minimum atomic E-state index is -0.722. The zero-order chi connectivity index (χ0) is 17.0. The number of ether oxygens (including phenoxy) is 1. The van der Waals surface area contributed by atoms with Crippen molar-refractivity contribution >= 4 is 22.9 Å². The quantitative estimate of drug-likeness (QED) is 0.813. The van der Waals surface area contributed by atoms with E-state index in [0.717, 1.165) is 5.52 Å². The number of carbonyl (C=O) groups excluding carboxylic acids is 2. The average molecular weight is 317 g/mol. The van der Waals surface area contributed by atoms with Crippen molar-refractivity contribution in [3.05, 3.63) is 40.3 Å². The Hall–Kier alpha value is -2.70. The van der Waals surface area contributed by atoms with Crippen molar-refractivity contribution in [3.8, 4) is 0 Å². The fourth-order valence-electron chi connectivity index (χ4n) is 2.28. The molecule has 1 amide bonds. The number of aryl methyl sites for hydroxylation is 2. The maximum atomic E-state index is 12.3. The van der Waals surface area contributed by atoms with Crippen molar-refractivity contribution in [1.82, 2.24) is 14.9 Å². The van der Waals surface area contributed by atoms with Crippen LogP contribution in [-0.4, -0.2) is 34.6 Å². The molecule has 0 radical (unpaired) electrons. The smallest absolute Gasteiger partial charge is 0.328 e. The first-order valence-electron chi connectivity index (χ1n) is 7.26. The number of carbonyl (C=O) groups is 2. The SMILES string of the molecule is COC(=O)[C@@H](C)NC(=O)CCc1nc2ccccc2n(C)c1=O. The third kappa shape index (κ3) is 3.74. The first kappa shape index (κ1) is 16.7. The van der Waals surface area contributed by atoms with Gasteiger partial charge in [0.1, 0.15) is 11.7 Å². The van der Waals surface area contributed by atoms with Gasteiger partial charge in [-0.1, -0.05) is 12.1 Å². The van der Waals surface area contributed by atoms with Crippen molar-refractivity contribution in [2.24, 2.45) is 7.05 Å². The van der Waals surface area contributed by atoms with Crippen LogP contribution in [0.5, 0.6) is 0 Å². The Kier molecular flexibility index (Phi) is 5.10. The molecule has 7 heteroatoms. The highest BCUT2D eigenvalue weighted by atomic mass is 16.5. The standard InChI is InChI=1S/C16H19N3O4/c1-10(16(22)23-3)17-14(20)9-8-12-15(21)19(2)13-7-5-4-6-11(13)18-12/h4-7,10H,8-9H2,1-3H3,(H,17,20)/t10-/m1/s1. The summed E-state index contributed by atoms with van der Waals surface area (Å²) in [6.07, 6.45) is 0.277. The molecule has 0 bridgehead atoms. The van der Waals surface area contributed by atoms with Gasteiger partial charge in [-0.3, -0.25) is 9.59 Å². The predicted octanol–water partition coefficient (Wildman–Crippen LogP) is 0.544. The molecule has 2 aromatic rings. The molecule has 2 rings (SSSR count). The lowest BCUT2D eigenvalue weighted by Crippen LogP contribution is -2.39. The van der Waals surface area contributed by atoms with Gasteiger partial charge in [0.05, 0.1) is 18.1 Å². The van der Waals surface area contributed by atoms with Crippen LogP contribution in [0, 0.1) is 0 Å². The molecule has 0 spiro atoms. The highest BCUT2D eigenvalue weighted by molar-refractivity contribution is 5.84. The number of rotatable bonds is 5. The highest BCUT2D eigenvalue weighted by Crippen LogP contribution is 2.09. The van der Waals surface area contributed by atoms with Gasteiger partial charge in [-0.15, -0.1) is 0 Å². The van der Waals surface area contributed by atoms with Crippen LogP contribution in [0.1, 0.15) is 19.0 Å². The van der Waals surface area contributed by atoms with Gasteiger partial charge in [-0.2, -0.15) is 0 Å². The monoisotopic (exact) mass is 317 g/mol. The number of para-hydroxylation sites is 2. The van der Waals surface area contributed by atoms with Gasteiger partial charge >= 0.3 is 5.97 Å². The van der Waals surface area contributed by atoms with Crippen molar-refractivity contribution in [3.63, 3.8) is 0 Å². The summed E-state index contributed by atoms with van der Waals surface area (Å²) in [5.41, 5.74) is 1.54. The summed E-state index contributed by atoms with van der Waals surface area (Å²) in [6, 6.07) is 6.59. The van der Waals surface area contributed by atoms with Gasteiger partial charge in [-0.05, 0) is 19.1 Å². The first-order valence-corrected chi connectivity index (χ1v) is 7.26. The molecule has 0 aliphatic carbocycles. The molecular formula is C16H19N3O4. The Bertz CT molecular complexity index is 798. The molecule has 1 heterocycles.